The molecule has 0 unspecified atom stereocenters. The molecule has 0 amide bonds. The molecule has 0 spiro atoms. The van der Waals surface area contributed by atoms with Crippen LogP contribution < -0.4 is 4.74 Å². The van der Waals surface area contributed by atoms with Crippen LogP contribution >= 0.6 is 11.6 Å². The minimum absolute atomic E-state index is 0.0400. The molecule has 0 atom stereocenters. The van der Waals surface area contributed by atoms with Crippen LogP contribution in [0.5, 0.6) is 11.5 Å². The van der Waals surface area contributed by atoms with Gasteiger partial charge in [-0.3, -0.25) is 5.10 Å². The molecule has 0 aliphatic carbocycles. The van der Waals surface area contributed by atoms with Crippen LogP contribution in [0.2, 0.25) is 5.02 Å². The number of hydrogen-bond donors (Lipinski definition) is 2. The molecule has 0 radical (unpaired) electrons. The average Bonchev–Trinajstić information content (AvgIpc) is 3.05. The molecule has 0 aliphatic rings. The minimum atomic E-state index is 0.0400. The number of phenols is 1. The number of aromatic nitrogens is 3. The van der Waals surface area contributed by atoms with Gasteiger partial charge in [0, 0.05) is 28.8 Å². The summed E-state index contributed by atoms with van der Waals surface area (Å²) in [5, 5.41) is 20.3. The van der Waals surface area contributed by atoms with Gasteiger partial charge in [0.25, 0.3) is 0 Å². The molecule has 0 bridgehead atoms. The monoisotopic (exact) mass is 397 g/mol. The van der Waals surface area contributed by atoms with Crippen molar-refractivity contribution in [2.24, 2.45) is 0 Å². The zero-order valence-electron chi connectivity index (χ0n) is 15.8. The Balaban J connectivity index is 1.99. The van der Waals surface area contributed by atoms with E-state index in [9.17, 15) is 5.11 Å². The van der Waals surface area contributed by atoms with Gasteiger partial charge < -0.3 is 14.6 Å². The highest BCUT2D eigenvalue weighted by Gasteiger charge is 2.17. The highest BCUT2D eigenvalue weighted by atomic mass is 35.5. The van der Waals surface area contributed by atoms with Crippen LogP contribution in [0.25, 0.3) is 33.1 Å². The molecule has 2 N–H and O–H groups in total. The first kappa shape index (κ1) is 18.5. The van der Waals surface area contributed by atoms with Crippen LogP contribution in [-0.2, 0) is 4.74 Å². The summed E-state index contributed by atoms with van der Waals surface area (Å²) in [6.07, 6.45) is 0. The Morgan fingerprint density at radius 1 is 1.11 bits per heavy atom. The van der Waals surface area contributed by atoms with Gasteiger partial charge in [-0.2, -0.15) is 5.10 Å². The summed E-state index contributed by atoms with van der Waals surface area (Å²) in [6, 6.07) is 9.18. The number of aromatic hydroxyl groups is 1. The van der Waals surface area contributed by atoms with Crippen molar-refractivity contribution in [3.05, 3.63) is 46.6 Å². The lowest BCUT2D eigenvalue weighted by Crippen LogP contribution is -2.05. The van der Waals surface area contributed by atoms with E-state index in [4.69, 9.17) is 26.1 Å². The van der Waals surface area contributed by atoms with Gasteiger partial charge in [-0.05, 0) is 49.7 Å². The van der Waals surface area contributed by atoms with Crippen molar-refractivity contribution in [3.63, 3.8) is 0 Å². The molecular formula is C21H20ClN3O3. The lowest BCUT2D eigenvalue weighted by Gasteiger charge is -2.14. The van der Waals surface area contributed by atoms with Crippen LogP contribution in [0, 0.1) is 13.8 Å². The molecule has 0 saturated carbocycles. The van der Waals surface area contributed by atoms with Crippen LogP contribution in [0.15, 0.2) is 30.3 Å². The highest BCUT2D eigenvalue weighted by Crippen LogP contribution is 2.38. The average molecular weight is 398 g/mol. The molecule has 2 aromatic heterocycles. The topological polar surface area (TPSA) is 80.3 Å². The van der Waals surface area contributed by atoms with Crippen molar-refractivity contribution in [3.8, 4) is 22.8 Å². The Labute approximate surface area is 167 Å². The number of rotatable bonds is 5. The fraction of sp³-hybridized carbons (Fsp3) is 0.238. The second-order valence-electron chi connectivity index (χ2n) is 6.66. The third-order valence-electron chi connectivity index (χ3n) is 4.76. The number of benzene rings is 2. The zero-order valence-corrected chi connectivity index (χ0v) is 16.6. The molecule has 2 heterocycles. The number of hydrogen-bond acceptors (Lipinski definition) is 5. The Bertz CT molecular complexity index is 1190. The Morgan fingerprint density at radius 2 is 1.93 bits per heavy atom. The minimum Gasteiger partial charge on any atom is -0.506 e. The summed E-state index contributed by atoms with van der Waals surface area (Å²) in [6.45, 7) is 4.94. The largest absolute Gasteiger partial charge is 0.506 e. The quantitative estimate of drug-likeness (QED) is 0.474. The normalized spacial score (nSPS) is 11.4. The first-order valence-corrected chi connectivity index (χ1v) is 9.27. The van der Waals surface area contributed by atoms with E-state index in [0.29, 0.717) is 18.9 Å². The number of aryl methyl sites for hydroxylation is 2. The van der Waals surface area contributed by atoms with Crippen molar-refractivity contribution in [1.82, 2.24) is 15.2 Å². The smallest absolute Gasteiger partial charge is 0.156 e. The van der Waals surface area contributed by atoms with E-state index in [-0.39, 0.29) is 10.8 Å². The molecular weight excluding hydrogens is 378 g/mol. The Morgan fingerprint density at radius 3 is 2.68 bits per heavy atom. The zero-order chi connectivity index (χ0) is 19.8. The van der Waals surface area contributed by atoms with Gasteiger partial charge in [-0.1, -0.05) is 11.6 Å². The summed E-state index contributed by atoms with van der Waals surface area (Å²) in [5.74, 6) is 0.838. The molecule has 0 saturated heterocycles. The number of H-pyrrole nitrogens is 1. The standard InChI is InChI=1S/C21H20ClN3O3/c1-11-8-15-14(10-18(11)28-7-6-27-3)19-12(2)24-25-21(19)23-20(15)13-4-5-17(26)16(22)9-13/h4-5,8-10,26H,6-7H2,1-3H3,(H,23,24,25). The first-order chi connectivity index (χ1) is 13.5. The highest BCUT2D eigenvalue weighted by molar-refractivity contribution is 6.32. The number of ether oxygens (including phenoxy) is 2. The molecule has 4 aromatic rings. The number of methoxy groups -OCH3 is 1. The van der Waals surface area contributed by atoms with Gasteiger partial charge >= 0.3 is 0 Å². The first-order valence-electron chi connectivity index (χ1n) is 8.89. The molecule has 4 rings (SSSR count). The summed E-state index contributed by atoms with van der Waals surface area (Å²) < 4.78 is 11.0. The molecule has 0 fully saturated rings. The van der Waals surface area contributed by atoms with Gasteiger partial charge in [0.15, 0.2) is 5.65 Å². The van der Waals surface area contributed by atoms with Gasteiger partial charge in [-0.25, -0.2) is 4.98 Å². The third-order valence-corrected chi connectivity index (χ3v) is 5.06. The Kier molecular flexibility index (Phi) is 4.83. The van der Waals surface area contributed by atoms with E-state index < -0.39 is 0 Å². The van der Waals surface area contributed by atoms with Crippen molar-refractivity contribution in [2.45, 2.75) is 13.8 Å². The fourth-order valence-corrected chi connectivity index (χ4v) is 3.53. The van der Waals surface area contributed by atoms with Gasteiger partial charge in [0.2, 0.25) is 0 Å². The van der Waals surface area contributed by atoms with Crippen LogP contribution in [0.4, 0.5) is 0 Å². The summed E-state index contributed by atoms with van der Waals surface area (Å²) >= 11 is 6.13. The number of halogens is 1. The van der Waals surface area contributed by atoms with Gasteiger partial charge in [0.05, 0.1) is 23.0 Å². The second-order valence-corrected chi connectivity index (χ2v) is 7.07. The van der Waals surface area contributed by atoms with Gasteiger partial charge in [0.1, 0.15) is 18.1 Å². The fourth-order valence-electron chi connectivity index (χ4n) is 3.35. The van der Waals surface area contributed by atoms with Crippen molar-refractivity contribution < 1.29 is 14.6 Å². The second kappa shape index (κ2) is 7.30. The molecule has 28 heavy (non-hydrogen) atoms. The maximum atomic E-state index is 9.77. The van der Waals surface area contributed by atoms with E-state index in [1.807, 2.05) is 19.9 Å². The predicted octanol–water partition coefficient (Wildman–Crippen LogP) is 4.78. The Hall–Kier alpha value is -2.83. The maximum Gasteiger partial charge on any atom is 0.156 e. The molecule has 2 aromatic carbocycles. The van der Waals surface area contributed by atoms with E-state index >= 15 is 0 Å². The SMILES string of the molecule is COCCOc1cc2c(cc1C)c(-c1ccc(O)c(Cl)c1)nc1[nH]nc(C)c12. The summed E-state index contributed by atoms with van der Waals surface area (Å²) in [4.78, 5) is 4.79. The lowest BCUT2D eigenvalue weighted by atomic mass is 9.98. The molecule has 7 heteroatoms. The molecule has 0 aliphatic heterocycles. The number of nitrogens with one attached hydrogen (secondary N) is 1. The van der Waals surface area contributed by atoms with Crippen LogP contribution in [0.1, 0.15) is 11.3 Å². The molecule has 144 valence electrons. The van der Waals surface area contributed by atoms with E-state index in [0.717, 1.165) is 44.4 Å². The van der Waals surface area contributed by atoms with Crippen molar-refractivity contribution in [2.75, 3.05) is 20.3 Å². The van der Waals surface area contributed by atoms with Crippen molar-refractivity contribution in [1.29, 1.82) is 0 Å². The van der Waals surface area contributed by atoms with Crippen molar-refractivity contribution >= 4 is 33.4 Å². The lowest BCUT2D eigenvalue weighted by molar-refractivity contribution is 0.146. The summed E-state index contributed by atoms with van der Waals surface area (Å²) in [5.41, 5.74) is 4.14. The number of phenolic OH excluding ortho intramolecular Hbond substituents is 1. The maximum absolute atomic E-state index is 9.77. The van der Waals surface area contributed by atoms with Gasteiger partial charge in [-0.15, -0.1) is 0 Å². The molecule has 6 nitrogen and oxygen atoms in total. The number of pyridine rings is 1. The van der Waals surface area contributed by atoms with Crippen LogP contribution in [-0.4, -0.2) is 40.6 Å². The number of aromatic amines is 1. The summed E-state index contributed by atoms with van der Waals surface area (Å²) in [7, 11) is 1.65. The van der Waals surface area contributed by atoms with E-state index in [1.165, 1.54) is 0 Å². The predicted molar refractivity (Wildman–Crippen MR) is 110 cm³/mol. The van der Waals surface area contributed by atoms with E-state index in [2.05, 4.69) is 16.3 Å². The van der Waals surface area contributed by atoms with E-state index in [1.54, 1.807) is 25.3 Å². The third kappa shape index (κ3) is 3.15. The number of fused-ring (bicyclic) bond motifs is 3. The number of nitrogens with zero attached hydrogens (tertiary/aromatic N) is 2. The van der Waals surface area contributed by atoms with Crippen LogP contribution in [0.3, 0.4) is 0 Å².